The number of esters is 3. The second-order valence-corrected chi connectivity index (χ2v) is 10.1. The highest BCUT2D eigenvalue weighted by Crippen LogP contribution is 2.43. The van der Waals surface area contributed by atoms with E-state index in [4.69, 9.17) is 23.7 Å². The summed E-state index contributed by atoms with van der Waals surface area (Å²) in [6, 6.07) is 0. The van der Waals surface area contributed by atoms with Crippen LogP contribution < -0.4 is 9.47 Å². The zero-order valence-electron chi connectivity index (χ0n) is 23.9. The molecule has 0 aromatic heterocycles. The Hall–Kier alpha value is -2.91. The number of methoxy groups -OCH3 is 1. The summed E-state index contributed by atoms with van der Waals surface area (Å²) < 4.78 is 27.6. The van der Waals surface area contributed by atoms with Crippen LogP contribution in [0.5, 0.6) is 11.5 Å². The number of fused-ring (bicyclic) bond motifs is 1. The van der Waals surface area contributed by atoms with Gasteiger partial charge >= 0.3 is 17.9 Å². The topological polar surface area (TPSA) is 101 Å². The van der Waals surface area contributed by atoms with Gasteiger partial charge in [0.1, 0.15) is 24.5 Å². The standard InChI is InChI=1S/C30H43NO8/c1-5-6-7-8-9-26(33)39-29-23(28(35-4)22(3)24-20-38-30(34)27(24)29)12-10-21(2)11-13-25(32)37-19-16-31-14-17-36-18-15-31/h10H,5-9,11-20H2,1-4H3. The molecular weight excluding hydrogens is 502 g/mol. The molecule has 0 unspecified atom stereocenters. The number of ether oxygens (including phenoxy) is 5. The van der Waals surface area contributed by atoms with Gasteiger partial charge in [-0.1, -0.05) is 37.8 Å². The summed E-state index contributed by atoms with van der Waals surface area (Å²) in [6.45, 7) is 10.3. The molecule has 2 aliphatic heterocycles. The average molecular weight is 546 g/mol. The maximum Gasteiger partial charge on any atom is 0.342 e. The van der Waals surface area contributed by atoms with Gasteiger partial charge in [-0.25, -0.2) is 4.79 Å². The number of hydrogen-bond donors (Lipinski definition) is 0. The molecule has 2 aliphatic rings. The van der Waals surface area contributed by atoms with Gasteiger partial charge in [-0.15, -0.1) is 0 Å². The van der Waals surface area contributed by atoms with Gasteiger partial charge in [-0.3, -0.25) is 14.5 Å². The van der Waals surface area contributed by atoms with Gasteiger partial charge in [-0.2, -0.15) is 0 Å². The van der Waals surface area contributed by atoms with Crippen LogP contribution in [0.2, 0.25) is 0 Å². The van der Waals surface area contributed by atoms with Crippen LogP contribution in [0.15, 0.2) is 11.6 Å². The molecule has 0 amide bonds. The summed E-state index contributed by atoms with van der Waals surface area (Å²) in [7, 11) is 1.57. The fourth-order valence-corrected chi connectivity index (χ4v) is 4.85. The normalized spacial score (nSPS) is 15.6. The predicted octanol–water partition coefficient (Wildman–Crippen LogP) is 4.69. The summed E-state index contributed by atoms with van der Waals surface area (Å²) in [4.78, 5) is 39.8. The molecular formula is C30H43NO8. The first-order valence-corrected chi connectivity index (χ1v) is 14.1. The van der Waals surface area contributed by atoms with Crippen molar-refractivity contribution < 1.29 is 38.1 Å². The third kappa shape index (κ3) is 8.80. The lowest BCUT2D eigenvalue weighted by Crippen LogP contribution is -2.38. The molecule has 0 aliphatic carbocycles. The number of nitrogens with zero attached hydrogens (tertiary/aromatic N) is 1. The van der Waals surface area contributed by atoms with Crippen LogP contribution in [-0.2, 0) is 36.8 Å². The third-order valence-corrected chi connectivity index (χ3v) is 7.23. The fourth-order valence-electron chi connectivity index (χ4n) is 4.85. The van der Waals surface area contributed by atoms with Crippen LogP contribution in [0.4, 0.5) is 0 Å². The maximum absolute atomic E-state index is 12.7. The van der Waals surface area contributed by atoms with Crippen molar-refractivity contribution >= 4 is 17.9 Å². The minimum Gasteiger partial charge on any atom is -0.496 e. The van der Waals surface area contributed by atoms with E-state index in [1.807, 2.05) is 19.9 Å². The fraction of sp³-hybridized carbons (Fsp3) is 0.633. The Morgan fingerprint density at radius 3 is 2.51 bits per heavy atom. The van der Waals surface area contributed by atoms with E-state index in [0.717, 1.165) is 49.9 Å². The lowest BCUT2D eigenvalue weighted by Gasteiger charge is -2.26. The first-order valence-electron chi connectivity index (χ1n) is 14.1. The molecule has 0 saturated carbocycles. The summed E-state index contributed by atoms with van der Waals surface area (Å²) in [5.74, 6) is -0.302. The van der Waals surface area contributed by atoms with Crippen molar-refractivity contribution in [3.8, 4) is 11.5 Å². The molecule has 0 spiro atoms. The Morgan fingerprint density at radius 2 is 1.79 bits per heavy atom. The van der Waals surface area contributed by atoms with E-state index in [2.05, 4.69) is 11.8 Å². The zero-order valence-corrected chi connectivity index (χ0v) is 23.9. The number of unbranched alkanes of at least 4 members (excludes halogenated alkanes) is 3. The van der Waals surface area contributed by atoms with Gasteiger partial charge in [-0.05, 0) is 38.7 Å². The van der Waals surface area contributed by atoms with E-state index < -0.39 is 5.97 Å². The minimum atomic E-state index is -0.494. The summed E-state index contributed by atoms with van der Waals surface area (Å²) in [5, 5.41) is 0. The van der Waals surface area contributed by atoms with Crippen LogP contribution in [0.1, 0.15) is 85.8 Å². The van der Waals surface area contributed by atoms with Crippen molar-refractivity contribution in [3.05, 3.63) is 33.9 Å². The molecule has 216 valence electrons. The highest BCUT2D eigenvalue weighted by molar-refractivity contribution is 5.99. The van der Waals surface area contributed by atoms with Crippen molar-refractivity contribution in [2.75, 3.05) is 46.6 Å². The number of hydrogen-bond acceptors (Lipinski definition) is 9. The number of rotatable bonds is 15. The Bertz CT molecular complexity index is 1040. The molecule has 0 atom stereocenters. The maximum atomic E-state index is 12.7. The van der Waals surface area contributed by atoms with Gasteiger partial charge in [0.2, 0.25) is 0 Å². The number of allylic oxidation sites excluding steroid dienone is 2. The number of cyclic esters (lactones) is 1. The van der Waals surface area contributed by atoms with Crippen LogP contribution in [-0.4, -0.2) is 69.4 Å². The van der Waals surface area contributed by atoms with Gasteiger partial charge in [0, 0.05) is 43.6 Å². The monoisotopic (exact) mass is 545 g/mol. The molecule has 1 aromatic rings. The SMILES string of the molecule is CCCCCCC(=O)Oc1c(CC=C(C)CCC(=O)OCCN2CCOCC2)c(OC)c(C)c2c1C(=O)OC2. The molecule has 2 heterocycles. The Morgan fingerprint density at radius 1 is 1.03 bits per heavy atom. The van der Waals surface area contributed by atoms with Crippen LogP contribution in [0, 0.1) is 6.92 Å². The number of carbonyl (C=O) groups is 3. The van der Waals surface area contributed by atoms with Gasteiger partial charge in [0.15, 0.2) is 5.75 Å². The molecule has 1 fully saturated rings. The Labute approximate surface area is 231 Å². The molecule has 0 N–H and O–H groups in total. The van der Waals surface area contributed by atoms with Crippen molar-refractivity contribution in [3.63, 3.8) is 0 Å². The van der Waals surface area contributed by atoms with Gasteiger partial charge in [0.25, 0.3) is 0 Å². The molecule has 39 heavy (non-hydrogen) atoms. The number of carbonyl (C=O) groups excluding carboxylic acids is 3. The highest BCUT2D eigenvalue weighted by atomic mass is 16.6. The third-order valence-electron chi connectivity index (χ3n) is 7.23. The number of morpholine rings is 1. The molecule has 0 radical (unpaired) electrons. The Balaban J connectivity index is 1.66. The quantitative estimate of drug-likeness (QED) is 0.134. The second kappa shape index (κ2) is 15.6. The molecule has 1 aromatic carbocycles. The van der Waals surface area contributed by atoms with E-state index in [-0.39, 0.29) is 37.1 Å². The zero-order chi connectivity index (χ0) is 28.2. The van der Waals surface area contributed by atoms with Gasteiger partial charge < -0.3 is 23.7 Å². The highest BCUT2D eigenvalue weighted by Gasteiger charge is 2.34. The smallest absolute Gasteiger partial charge is 0.342 e. The van der Waals surface area contributed by atoms with E-state index >= 15 is 0 Å². The molecule has 3 rings (SSSR count). The van der Waals surface area contributed by atoms with Crippen LogP contribution in [0.25, 0.3) is 0 Å². The van der Waals surface area contributed by atoms with Gasteiger partial charge in [0.05, 0.1) is 20.3 Å². The summed E-state index contributed by atoms with van der Waals surface area (Å²) >= 11 is 0. The predicted molar refractivity (Wildman–Crippen MR) is 146 cm³/mol. The van der Waals surface area contributed by atoms with E-state index in [0.29, 0.717) is 61.6 Å². The Kier molecular flexibility index (Phi) is 12.3. The van der Waals surface area contributed by atoms with E-state index in [1.165, 1.54) is 0 Å². The molecule has 0 bridgehead atoms. The van der Waals surface area contributed by atoms with Crippen molar-refractivity contribution in [2.45, 2.75) is 78.7 Å². The largest absolute Gasteiger partial charge is 0.496 e. The molecule has 1 saturated heterocycles. The molecule has 9 heteroatoms. The van der Waals surface area contributed by atoms with E-state index in [9.17, 15) is 14.4 Å². The van der Waals surface area contributed by atoms with Crippen LogP contribution >= 0.6 is 0 Å². The number of benzene rings is 1. The summed E-state index contributed by atoms with van der Waals surface area (Å²) in [6.07, 6.45) is 7.27. The lowest BCUT2D eigenvalue weighted by atomic mass is 9.94. The average Bonchev–Trinajstić information content (AvgIpc) is 3.32. The minimum absolute atomic E-state index is 0.125. The van der Waals surface area contributed by atoms with Crippen LogP contribution in [0.3, 0.4) is 0 Å². The second-order valence-electron chi connectivity index (χ2n) is 10.1. The van der Waals surface area contributed by atoms with Crippen molar-refractivity contribution in [1.29, 1.82) is 0 Å². The first kappa shape index (κ1) is 30.6. The molecule has 9 nitrogen and oxygen atoms in total. The van der Waals surface area contributed by atoms with Crippen molar-refractivity contribution in [1.82, 2.24) is 4.90 Å². The first-order chi connectivity index (χ1) is 18.8. The lowest BCUT2D eigenvalue weighted by molar-refractivity contribution is -0.144. The van der Waals surface area contributed by atoms with E-state index in [1.54, 1.807) is 7.11 Å². The van der Waals surface area contributed by atoms with Crippen molar-refractivity contribution in [2.24, 2.45) is 0 Å². The summed E-state index contributed by atoms with van der Waals surface area (Å²) in [5.41, 5.74) is 3.41.